The zero-order valence-corrected chi connectivity index (χ0v) is 9.81. The highest BCUT2D eigenvalue weighted by Gasteiger charge is 2.27. The van der Waals surface area contributed by atoms with Crippen LogP contribution >= 0.6 is 11.6 Å². The Morgan fingerprint density at radius 2 is 2.44 bits per heavy atom. The molecule has 2 heterocycles. The van der Waals surface area contributed by atoms with E-state index < -0.39 is 6.10 Å². The summed E-state index contributed by atoms with van der Waals surface area (Å²) in [5, 5.41) is 13.4. The normalized spacial score (nSPS) is 26.9. The van der Waals surface area contributed by atoms with Crippen molar-refractivity contribution in [1.82, 2.24) is 10.3 Å². The maximum absolute atomic E-state index is 9.62. The molecule has 0 amide bonds. The van der Waals surface area contributed by atoms with Crippen LogP contribution < -0.4 is 5.32 Å². The van der Waals surface area contributed by atoms with Gasteiger partial charge in [-0.3, -0.25) is 0 Å². The van der Waals surface area contributed by atoms with Gasteiger partial charge in [0.05, 0.1) is 25.4 Å². The van der Waals surface area contributed by atoms with E-state index in [0.717, 1.165) is 5.56 Å². The van der Waals surface area contributed by atoms with Crippen molar-refractivity contribution in [3.63, 3.8) is 0 Å². The monoisotopic (exact) mass is 242 g/mol. The minimum Gasteiger partial charge on any atom is -0.389 e. The molecule has 1 aromatic rings. The lowest BCUT2D eigenvalue weighted by atomic mass is 10.1. The molecular formula is C11H15ClN2O2. The highest BCUT2D eigenvalue weighted by Crippen LogP contribution is 2.21. The standard InChI is InChI=1S/C11H15ClN2O2/c1-7(8-3-2-4-13-11(8)12)14-9-5-16-6-10(9)15/h2-4,7,9-10,14-15H,5-6H2,1H3. The van der Waals surface area contributed by atoms with Gasteiger partial charge >= 0.3 is 0 Å². The molecule has 5 heteroatoms. The van der Waals surface area contributed by atoms with Crippen molar-refractivity contribution >= 4 is 11.6 Å². The first-order chi connectivity index (χ1) is 7.68. The summed E-state index contributed by atoms with van der Waals surface area (Å²) in [6.07, 6.45) is 1.21. The van der Waals surface area contributed by atoms with E-state index in [2.05, 4.69) is 10.3 Å². The fourth-order valence-electron chi connectivity index (χ4n) is 1.83. The van der Waals surface area contributed by atoms with Crippen LogP contribution in [0.3, 0.4) is 0 Å². The van der Waals surface area contributed by atoms with Gasteiger partial charge < -0.3 is 15.2 Å². The number of pyridine rings is 1. The van der Waals surface area contributed by atoms with Gasteiger partial charge in [0.1, 0.15) is 5.15 Å². The molecule has 0 radical (unpaired) electrons. The van der Waals surface area contributed by atoms with Crippen molar-refractivity contribution in [2.24, 2.45) is 0 Å². The number of hydrogen-bond donors (Lipinski definition) is 2. The number of aliphatic hydroxyl groups is 1. The predicted molar refractivity (Wildman–Crippen MR) is 61.4 cm³/mol. The minimum absolute atomic E-state index is 0.0359. The molecule has 1 fully saturated rings. The Kier molecular flexibility index (Phi) is 3.76. The van der Waals surface area contributed by atoms with E-state index in [4.69, 9.17) is 16.3 Å². The van der Waals surface area contributed by atoms with Gasteiger partial charge in [0.2, 0.25) is 0 Å². The van der Waals surface area contributed by atoms with E-state index in [1.54, 1.807) is 6.20 Å². The molecule has 88 valence electrons. The Bertz CT molecular complexity index is 362. The summed E-state index contributed by atoms with van der Waals surface area (Å²) in [7, 11) is 0. The van der Waals surface area contributed by atoms with Gasteiger partial charge in [-0.2, -0.15) is 0 Å². The summed E-state index contributed by atoms with van der Waals surface area (Å²) in [5.41, 5.74) is 0.934. The first kappa shape index (κ1) is 11.8. The number of halogens is 1. The highest BCUT2D eigenvalue weighted by molar-refractivity contribution is 6.30. The van der Waals surface area contributed by atoms with Crippen LogP contribution in [0.25, 0.3) is 0 Å². The largest absolute Gasteiger partial charge is 0.389 e. The summed E-state index contributed by atoms with van der Waals surface area (Å²) < 4.78 is 5.18. The minimum atomic E-state index is -0.446. The van der Waals surface area contributed by atoms with Crippen molar-refractivity contribution in [3.05, 3.63) is 29.0 Å². The Morgan fingerprint density at radius 1 is 1.62 bits per heavy atom. The summed E-state index contributed by atoms with van der Waals surface area (Å²) in [6, 6.07) is 3.78. The molecule has 16 heavy (non-hydrogen) atoms. The lowest BCUT2D eigenvalue weighted by Crippen LogP contribution is -2.40. The zero-order chi connectivity index (χ0) is 11.5. The van der Waals surface area contributed by atoms with Crippen LogP contribution in [0.15, 0.2) is 18.3 Å². The van der Waals surface area contributed by atoms with Crippen molar-refractivity contribution in [1.29, 1.82) is 0 Å². The number of nitrogens with zero attached hydrogens (tertiary/aromatic N) is 1. The van der Waals surface area contributed by atoms with E-state index in [1.165, 1.54) is 0 Å². The van der Waals surface area contributed by atoms with Gasteiger partial charge in [0, 0.05) is 17.8 Å². The van der Waals surface area contributed by atoms with Crippen molar-refractivity contribution in [2.45, 2.75) is 25.1 Å². The Labute approximate surface area is 99.6 Å². The van der Waals surface area contributed by atoms with Crippen molar-refractivity contribution in [3.8, 4) is 0 Å². The average molecular weight is 243 g/mol. The van der Waals surface area contributed by atoms with Crippen LogP contribution in [0.2, 0.25) is 5.15 Å². The molecule has 0 aromatic carbocycles. The molecule has 2 rings (SSSR count). The van der Waals surface area contributed by atoms with E-state index in [1.807, 2.05) is 19.1 Å². The zero-order valence-electron chi connectivity index (χ0n) is 9.06. The molecule has 1 saturated heterocycles. The van der Waals surface area contributed by atoms with Crippen LogP contribution in [-0.2, 0) is 4.74 Å². The predicted octanol–water partition coefficient (Wildman–Crippen LogP) is 1.15. The van der Waals surface area contributed by atoms with Gasteiger partial charge in [-0.05, 0) is 13.0 Å². The smallest absolute Gasteiger partial charge is 0.133 e. The molecular weight excluding hydrogens is 228 g/mol. The number of rotatable bonds is 3. The molecule has 1 aliphatic heterocycles. The van der Waals surface area contributed by atoms with Gasteiger partial charge in [0.15, 0.2) is 0 Å². The molecule has 3 atom stereocenters. The van der Waals surface area contributed by atoms with Crippen molar-refractivity contribution in [2.75, 3.05) is 13.2 Å². The second kappa shape index (κ2) is 5.10. The lowest BCUT2D eigenvalue weighted by molar-refractivity contribution is 0.121. The topological polar surface area (TPSA) is 54.4 Å². The molecule has 0 aliphatic carbocycles. The number of aliphatic hydroxyl groups excluding tert-OH is 1. The summed E-state index contributed by atoms with van der Waals surface area (Å²) in [6.45, 7) is 2.92. The summed E-state index contributed by atoms with van der Waals surface area (Å²) in [5.74, 6) is 0. The Hall–Kier alpha value is -0.680. The third kappa shape index (κ3) is 2.52. The van der Waals surface area contributed by atoms with Gasteiger partial charge in [-0.1, -0.05) is 17.7 Å². The first-order valence-corrected chi connectivity index (χ1v) is 5.68. The lowest BCUT2D eigenvalue weighted by Gasteiger charge is -2.21. The van der Waals surface area contributed by atoms with Crippen LogP contribution in [-0.4, -0.2) is 35.5 Å². The summed E-state index contributed by atoms with van der Waals surface area (Å²) >= 11 is 6.00. The molecule has 4 nitrogen and oxygen atoms in total. The molecule has 0 bridgehead atoms. The fourth-order valence-corrected chi connectivity index (χ4v) is 2.12. The van der Waals surface area contributed by atoms with Crippen LogP contribution in [0, 0.1) is 0 Å². The average Bonchev–Trinajstić information content (AvgIpc) is 2.65. The molecule has 3 unspecified atom stereocenters. The van der Waals surface area contributed by atoms with E-state index >= 15 is 0 Å². The SMILES string of the molecule is CC(NC1COCC1O)c1cccnc1Cl. The van der Waals surface area contributed by atoms with Gasteiger partial charge in [-0.15, -0.1) is 0 Å². The second-order valence-corrected chi connectivity index (χ2v) is 4.34. The van der Waals surface area contributed by atoms with Crippen LogP contribution in [0.4, 0.5) is 0 Å². The number of hydrogen-bond acceptors (Lipinski definition) is 4. The van der Waals surface area contributed by atoms with E-state index in [9.17, 15) is 5.11 Å². The second-order valence-electron chi connectivity index (χ2n) is 3.98. The molecule has 0 spiro atoms. The van der Waals surface area contributed by atoms with E-state index in [0.29, 0.717) is 18.4 Å². The molecule has 1 aromatic heterocycles. The van der Waals surface area contributed by atoms with Gasteiger partial charge in [0.25, 0.3) is 0 Å². The van der Waals surface area contributed by atoms with Crippen molar-refractivity contribution < 1.29 is 9.84 Å². The maximum atomic E-state index is 9.62. The van der Waals surface area contributed by atoms with Crippen LogP contribution in [0.1, 0.15) is 18.5 Å². The first-order valence-electron chi connectivity index (χ1n) is 5.30. The molecule has 1 aliphatic rings. The fraction of sp³-hybridized carbons (Fsp3) is 0.545. The van der Waals surface area contributed by atoms with Crippen LogP contribution in [0.5, 0.6) is 0 Å². The molecule has 0 saturated carbocycles. The van der Waals surface area contributed by atoms with E-state index in [-0.39, 0.29) is 12.1 Å². The number of aromatic nitrogens is 1. The maximum Gasteiger partial charge on any atom is 0.133 e. The quantitative estimate of drug-likeness (QED) is 0.781. The highest BCUT2D eigenvalue weighted by atomic mass is 35.5. The summed E-state index contributed by atoms with van der Waals surface area (Å²) in [4.78, 5) is 4.03. The Balaban J connectivity index is 2.03. The number of ether oxygens (including phenoxy) is 1. The third-order valence-corrected chi connectivity index (χ3v) is 3.08. The number of nitrogens with one attached hydrogen (secondary N) is 1. The third-order valence-electron chi connectivity index (χ3n) is 2.77. The Morgan fingerprint density at radius 3 is 3.06 bits per heavy atom. The van der Waals surface area contributed by atoms with Gasteiger partial charge in [-0.25, -0.2) is 4.98 Å². The molecule has 2 N–H and O–H groups in total.